The molecular formula is C31H34N8O4. The van der Waals surface area contributed by atoms with Crippen molar-refractivity contribution in [3.05, 3.63) is 62.7 Å². The van der Waals surface area contributed by atoms with Gasteiger partial charge in [-0.05, 0) is 46.6 Å². The van der Waals surface area contributed by atoms with E-state index in [0.29, 0.717) is 30.2 Å². The van der Waals surface area contributed by atoms with Gasteiger partial charge >= 0.3 is 11.8 Å². The maximum atomic E-state index is 14.1. The number of hydrogen-bond donors (Lipinski definition) is 1. The van der Waals surface area contributed by atoms with Crippen LogP contribution >= 0.6 is 0 Å². The number of hydrogen-bond acceptors (Lipinski definition) is 8. The van der Waals surface area contributed by atoms with Crippen LogP contribution in [0.2, 0.25) is 0 Å². The summed E-state index contributed by atoms with van der Waals surface area (Å²) in [6.07, 6.45) is 2.60. The standard InChI is InChI=1S/C31H34N8O4/c1-6-7-15-38-26-25(22(16-32)27(38)37-14-10-12-21(18-37)34-29(41)43-31(2,3)4)36(5)30(42)39(28(26)40)19-24-33-17-20-11-8-9-13-23(20)35-24/h8-9,11,13,17,21H,10,12,14-15,18-19H2,1-5H3,(H,34,41). The molecule has 3 aromatic heterocycles. The van der Waals surface area contributed by atoms with Crippen LogP contribution in [0.3, 0.4) is 0 Å². The van der Waals surface area contributed by atoms with Gasteiger partial charge in [0.2, 0.25) is 0 Å². The van der Waals surface area contributed by atoms with Crippen LogP contribution < -0.4 is 21.5 Å². The molecule has 12 nitrogen and oxygen atoms in total. The van der Waals surface area contributed by atoms with Crippen LogP contribution in [0.5, 0.6) is 0 Å². The molecule has 1 atom stereocenters. The number of benzene rings is 1. The fourth-order valence-corrected chi connectivity index (χ4v) is 5.50. The molecule has 1 N–H and O–H groups in total. The van der Waals surface area contributed by atoms with Crippen LogP contribution in [0.15, 0.2) is 40.1 Å². The van der Waals surface area contributed by atoms with Gasteiger partial charge in [0.25, 0.3) is 5.56 Å². The summed E-state index contributed by atoms with van der Waals surface area (Å²) in [5.41, 5.74) is -0.441. The molecule has 5 rings (SSSR count). The number of amides is 1. The van der Waals surface area contributed by atoms with Gasteiger partial charge in [-0.2, -0.15) is 5.26 Å². The number of carbonyl (C=O) groups excluding carboxylic acids is 1. The lowest BCUT2D eigenvalue weighted by Gasteiger charge is -2.35. The van der Waals surface area contributed by atoms with Crippen LogP contribution in [0.1, 0.15) is 51.9 Å². The van der Waals surface area contributed by atoms with Gasteiger partial charge < -0.3 is 19.5 Å². The van der Waals surface area contributed by atoms with Crippen LogP contribution in [0, 0.1) is 23.2 Å². The second kappa shape index (κ2) is 11.6. The molecule has 1 amide bonds. The number of alkyl carbamates (subject to hydrolysis) is 1. The highest BCUT2D eigenvalue weighted by Gasteiger charge is 2.31. The maximum absolute atomic E-state index is 14.1. The number of nitrogens with zero attached hydrogens (tertiary/aromatic N) is 7. The third kappa shape index (κ3) is 5.82. The zero-order chi connectivity index (χ0) is 30.9. The molecule has 222 valence electrons. The van der Waals surface area contributed by atoms with Crippen LogP contribution in [-0.4, -0.2) is 54.5 Å². The smallest absolute Gasteiger partial charge is 0.407 e. The number of carbonyl (C=O) groups is 1. The molecule has 0 bridgehead atoms. The number of ether oxygens (including phenoxy) is 1. The molecule has 0 saturated carbocycles. The lowest BCUT2D eigenvalue weighted by molar-refractivity contribution is 0.0500. The van der Waals surface area contributed by atoms with Crippen molar-refractivity contribution in [1.29, 1.82) is 5.26 Å². The normalized spacial score (nSPS) is 15.2. The number of nitriles is 1. The highest BCUT2D eigenvalue weighted by molar-refractivity contribution is 5.90. The Hall–Kier alpha value is -5.10. The number of nitrogens with one attached hydrogen (secondary N) is 1. The van der Waals surface area contributed by atoms with Crippen LogP contribution in [-0.2, 0) is 24.9 Å². The molecule has 0 aliphatic carbocycles. The number of para-hydroxylation sites is 1. The van der Waals surface area contributed by atoms with Gasteiger partial charge in [0.1, 0.15) is 34.4 Å². The minimum absolute atomic E-state index is 0.130. The first kappa shape index (κ1) is 29.4. The third-order valence-electron chi connectivity index (χ3n) is 7.32. The molecule has 1 aliphatic rings. The Balaban J connectivity index is 1.62. The average Bonchev–Trinajstić information content (AvgIpc) is 3.30. The summed E-state index contributed by atoms with van der Waals surface area (Å²) in [6, 6.07) is 9.47. The van der Waals surface area contributed by atoms with Crippen molar-refractivity contribution >= 4 is 33.8 Å². The molecule has 43 heavy (non-hydrogen) atoms. The van der Waals surface area contributed by atoms with Crippen molar-refractivity contribution < 1.29 is 9.53 Å². The van der Waals surface area contributed by atoms with E-state index in [-0.39, 0.29) is 35.7 Å². The molecule has 1 unspecified atom stereocenters. The Morgan fingerprint density at radius 1 is 1.19 bits per heavy atom. The van der Waals surface area contributed by atoms with Crippen LogP contribution in [0.25, 0.3) is 21.9 Å². The van der Waals surface area contributed by atoms with E-state index in [4.69, 9.17) is 4.74 Å². The fourth-order valence-electron chi connectivity index (χ4n) is 5.50. The van der Waals surface area contributed by atoms with Crippen molar-refractivity contribution in [2.24, 2.45) is 7.05 Å². The van der Waals surface area contributed by atoms with Gasteiger partial charge in [-0.25, -0.2) is 19.6 Å². The summed E-state index contributed by atoms with van der Waals surface area (Å²) in [5, 5.41) is 14.2. The Morgan fingerprint density at radius 3 is 2.67 bits per heavy atom. The highest BCUT2D eigenvalue weighted by atomic mass is 16.6. The zero-order valence-electron chi connectivity index (χ0n) is 25.0. The van der Waals surface area contributed by atoms with Gasteiger partial charge in [-0.1, -0.05) is 24.1 Å². The summed E-state index contributed by atoms with van der Waals surface area (Å²) in [5.74, 6) is 6.69. The van der Waals surface area contributed by atoms with Crippen molar-refractivity contribution in [1.82, 2.24) is 29.0 Å². The molecule has 1 aliphatic heterocycles. The molecule has 1 saturated heterocycles. The number of fused-ring (bicyclic) bond motifs is 2. The number of rotatable bonds is 5. The Morgan fingerprint density at radius 2 is 1.95 bits per heavy atom. The van der Waals surface area contributed by atoms with E-state index in [1.165, 1.54) is 4.57 Å². The summed E-state index contributed by atoms with van der Waals surface area (Å²) in [6.45, 7) is 8.06. The minimum atomic E-state index is -0.639. The van der Waals surface area contributed by atoms with E-state index < -0.39 is 22.9 Å². The second-order valence-corrected chi connectivity index (χ2v) is 11.5. The molecule has 0 spiro atoms. The largest absolute Gasteiger partial charge is 0.444 e. The summed E-state index contributed by atoms with van der Waals surface area (Å²) in [4.78, 5) is 51.1. The van der Waals surface area contributed by atoms with Crippen molar-refractivity contribution in [2.45, 2.75) is 65.3 Å². The SMILES string of the molecule is CC#CCn1c(N2CCCC(NC(=O)OC(C)(C)C)C2)c(C#N)c2c1c(=O)n(Cc1ncc3ccccc3n1)c(=O)n2C. The average molecular weight is 583 g/mol. The van der Waals surface area contributed by atoms with Crippen molar-refractivity contribution in [3.63, 3.8) is 0 Å². The van der Waals surface area contributed by atoms with Crippen molar-refractivity contribution in [3.8, 4) is 17.9 Å². The van der Waals surface area contributed by atoms with Crippen molar-refractivity contribution in [2.75, 3.05) is 18.0 Å². The first-order chi connectivity index (χ1) is 20.5. The maximum Gasteiger partial charge on any atom is 0.407 e. The second-order valence-electron chi connectivity index (χ2n) is 11.5. The van der Waals surface area contributed by atoms with Gasteiger partial charge in [0.05, 0.1) is 24.1 Å². The molecule has 12 heteroatoms. The Labute approximate surface area is 248 Å². The zero-order valence-corrected chi connectivity index (χ0v) is 25.0. The van der Waals surface area contributed by atoms with E-state index >= 15 is 0 Å². The predicted octanol–water partition coefficient (Wildman–Crippen LogP) is 2.88. The van der Waals surface area contributed by atoms with E-state index in [2.05, 4.69) is 33.2 Å². The quantitative estimate of drug-likeness (QED) is 0.354. The molecular weight excluding hydrogens is 548 g/mol. The summed E-state index contributed by atoms with van der Waals surface area (Å²) < 4.78 is 9.58. The minimum Gasteiger partial charge on any atom is -0.444 e. The molecule has 0 radical (unpaired) electrons. The van der Waals surface area contributed by atoms with Gasteiger partial charge in [0, 0.05) is 37.8 Å². The van der Waals surface area contributed by atoms with E-state index in [0.717, 1.165) is 22.8 Å². The lowest BCUT2D eigenvalue weighted by Crippen LogP contribution is -2.49. The predicted molar refractivity (Wildman–Crippen MR) is 163 cm³/mol. The summed E-state index contributed by atoms with van der Waals surface area (Å²) >= 11 is 0. The van der Waals surface area contributed by atoms with E-state index in [9.17, 15) is 19.6 Å². The first-order valence-corrected chi connectivity index (χ1v) is 14.1. The lowest BCUT2D eigenvalue weighted by atomic mass is 10.1. The first-order valence-electron chi connectivity index (χ1n) is 14.1. The van der Waals surface area contributed by atoms with Crippen LogP contribution in [0.4, 0.5) is 10.6 Å². The van der Waals surface area contributed by atoms with Gasteiger partial charge in [-0.3, -0.25) is 13.9 Å². The molecule has 1 aromatic carbocycles. The van der Waals surface area contributed by atoms with E-state index in [1.807, 2.05) is 29.2 Å². The number of piperidine rings is 1. The van der Waals surface area contributed by atoms with E-state index in [1.54, 1.807) is 45.5 Å². The third-order valence-corrected chi connectivity index (χ3v) is 7.32. The topological polar surface area (TPSA) is 140 Å². The van der Waals surface area contributed by atoms with Gasteiger partial charge in [0.15, 0.2) is 0 Å². The fraction of sp³-hybridized carbons (Fsp3) is 0.419. The number of anilines is 1. The van der Waals surface area contributed by atoms with Gasteiger partial charge in [-0.15, -0.1) is 5.92 Å². The summed E-state index contributed by atoms with van der Waals surface area (Å²) in [7, 11) is 1.55. The monoisotopic (exact) mass is 582 g/mol. The molecule has 1 fully saturated rings. The highest BCUT2D eigenvalue weighted by Crippen LogP contribution is 2.32. The number of aryl methyl sites for hydroxylation is 1. The Kier molecular flexibility index (Phi) is 7.96. The Bertz CT molecular complexity index is 1950. The number of aromatic nitrogens is 5. The molecule has 4 heterocycles. The molecule has 4 aromatic rings.